The van der Waals surface area contributed by atoms with Crippen LogP contribution in [0.15, 0.2) is 42.5 Å². The lowest BCUT2D eigenvalue weighted by atomic mass is 10.1. The summed E-state index contributed by atoms with van der Waals surface area (Å²) in [5.74, 6) is -0.872. The second kappa shape index (κ2) is 6.80. The van der Waals surface area contributed by atoms with E-state index in [0.717, 1.165) is 5.52 Å². The molecule has 0 radical (unpaired) electrons. The largest absolute Gasteiger partial charge is 0.454 e. The summed E-state index contributed by atoms with van der Waals surface area (Å²) in [6.45, 7) is 2.31. The number of carbonyl (C=O) groups excluding carboxylic acids is 2. The average molecular weight is 344 g/mol. The fourth-order valence-corrected chi connectivity index (χ4v) is 2.39. The number of esters is 1. The van der Waals surface area contributed by atoms with E-state index >= 15 is 0 Å². The molecule has 0 atom stereocenters. The second-order valence-corrected chi connectivity index (χ2v) is 5.55. The monoisotopic (exact) mass is 343 g/mol. The summed E-state index contributed by atoms with van der Waals surface area (Å²) in [5.41, 5.74) is 2.21. The predicted molar refractivity (Wildman–Crippen MR) is 89.3 cm³/mol. The highest BCUT2D eigenvalue weighted by Crippen LogP contribution is 2.15. The van der Waals surface area contributed by atoms with Gasteiger partial charge in [-0.1, -0.05) is 16.8 Å². The van der Waals surface area contributed by atoms with Gasteiger partial charge in [0.15, 0.2) is 12.4 Å². The van der Waals surface area contributed by atoms with Gasteiger partial charge in [0.25, 0.3) is 0 Å². The van der Waals surface area contributed by atoms with E-state index in [0.29, 0.717) is 28.2 Å². The van der Waals surface area contributed by atoms with Crippen LogP contribution in [0.5, 0.6) is 0 Å². The molecular weight excluding hydrogens is 330 g/mol. The molecule has 0 saturated carbocycles. The topological polar surface area (TPSA) is 74.1 Å². The predicted octanol–water partition coefficient (Wildman–Crippen LogP) is 3.14. The van der Waals surface area contributed by atoms with Crippen molar-refractivity contribution in [3.63, 3.8) is 0 Å². The number of Topliss-reactive ketones (excluding diaryl/α,β-unsaturated/α-hetero) is 1. The number of ketones is 1. The standard InChI is InChI=1S/C17H14ClN3O3/c1-2-21-15-8-5-12(9-14(15)19-20-21)17(23)24-10-16(22)11-3-6-13(18)7-4-11/h3-9H,2,10H2,1H3. The van der Waals surface area contributed by atoms with E-state index in [1.807, 2.05) is 6.92 Å². The van der Waals surface area contributed by atoms with E-state index in [9.17, 15) is 9.59 Å². The zero-order chi connectivity index (χ0) is 17.1. The lowest BCUT2D eigenvalue weighted by Gasteiger charge is -2.05. The molecule has 6 nitrogen and oxygen atoms in total. The number of benzene rings is 2. The molecular formula is C17H14ClN3O3. The summed E-state index contributed by atoms with van der Waals surface area (Å²) in [6.07, 6.45) is 0. The van der Waals surface area contributed by atoms with Crippen LogP contribution in [-0.4, -0.2) is 33.4 Å². The summed E-state index contributed by atoms with van der Waals surface area (Å²) < 4.78 is 6.81. The molecule has 0 bridgehead atoms. The maximum absolute atomic E-state index is 12.1. The van der Waals surface area contributed by atoms with Gasteiger partial charge in [0.1, 0.15) is 5.52 Å². The van der Waals surface area contributed by atoms with Gasteiger partial charge in [-0.2, -0.15) is 0 Å². The first kappa shape index (κ1) is 16.1. The van der Waals surface area contributed by atoms with E-state index in [4.69, 9.17) is 16.3 Å². The Morgan fingerprint density at radius 2 is 1.83 bits per heavy atom. The number of ether oxygens (including phenoxy) is 1. The molecule has 0 saturated heterocycles. The number of carbonyl (C=O) groups is 2. The molecule has 0 aliphatic heterocycles. The average Bonchev–Trinajstić information content (AvgIpc) is 3.02. The number of rotatable bonds is 5. The summed E-state index contributed by atoms with van der Waals surface area (Å²) >= 11 is 5.77. The van der Waals surface area contributed by atoms with E-state index in [2.05, 4.69) is 10.3 Å². The molecule has 3 aromatic rings. The van der Waals surface area contributed by atoms with Crippen LogP contribution in [-0.2, 0) is 11.3 Å². The minimum atomic E-state index is -0.578. The highest BCUT2D eigenvalue weighted by molar-refractivity contribution is 6.30. The molecule has 7 heteroatoms. The molecule has 1 aromatic heterocycles. The van der Waals surface area contributed by atoms with E-state index in [1.54, 1.807) is 47.1 Å². The van der Waals surface area contributed by atoms with Crippen molar-refractivity contribution in [1.29, 1.82) is 0 Å². The third-order valence-corrected chi connectivity index (χ3v) is 3.80. The van der Waals surface area contributed by atoms with Gasteiger partial charge < -0.3 is 4.74 Å². The molecule has 0 aliphatic rings. The SMILES string of the molecule is CCn1nnc2cc(C(=O)OCC(=O)c3ccc(Cl)cc3)ccc21. The van der Waals surface area contributed by atoms with E-state index < -0.39 is 5.97 Å². The number of hydrogen-bond donors (Lipinski definition) is 0. The van der Waals surface area contributed by atoms with Crippen molar-refractivity contribution in [3.8, 4) is 0 Å². The number of halogens is 1. The normalized spacial score (nSPS) is 10.8. The van der Waals surface area contributed by atoms with Crippen molar-refractivity contribution >= 4 is 34.4 Å². The van der Waals surface area contributed by atoms with Gasteiger partial charge in [-0.15, -0.1) is 5.10 Å². The first-order valence-electron chi connectivity index (χ1n) is 7.37. The molecule has 0 amide bonds. The third-order valence-electron chi connectivity index (χ3n) is 3.55. The Labute approximate surface area is 143 Å². The van der Waals surface area contributed by atoms with E-state index in [-0.39, 0.29) is 12.4 Å². The second-order valence-electron chi connectivity index (χ2n) is 5.11. The van der Waals surface area contributed by atoms with Crippen molar-refractivity contribution in [3.05, 3.63) is 58.6 Å². The van der Waals surface area contributed by atoms with Gasteiger partial charge in [-0.05, 0) is 49.4 Å². The Balaban J connectivity index is 1.68. The Morgan fingerprint density at radius 3 is 2.54 bits per heavy atom. The molecule has 0 unspecified atom stereocenters. The minimum Gasteiger partial charge on any atom is -0.454 e. The Kier molecular flexibility index (Phi) is 4.57. The molecule has 0 fully saturated rings. The van der Waals surface area contributed by atoms with Crippen LogP contribution in [0.1, 0.15) is 27.6 Å². The van der Waals surface area contributed by atoms with Crippen molar-refractivity contribution in [2.75, 3.05) is 6.61 Å². The maximum atomic E-state index is 12.1. The van der Waals surface area contributed by atoms with Crippen molar-refractivity contribution in [1.82, 2.24) is 15.0 Å². The highest BCUT2D eigenvalue weighted by atomic mass is 35.5. The summed E-state index contributed by atoms with van der Waals surface area (Å²) in [6, 6.07) is 11.4. The van der Waals surface area contributed by atoms with E-state index in [1.165, 1.54) is 0 Å². The van der Waals surface area contributed by atoms with Gasteiger partial charge in [0.2, 0.25) is 0 Å². The van der Waals surface area contributed by atoms with Crippen LogP contribution < -0.4 is 0 Å². The van der Waals surface area contributed by atoms with Crippen LogP contribution in [0.2, 0.25) is 5.02 Å². The van der Waals surface area contributed by atoms with Gasteiger partial charge in [0, 0.05) is 17.1 Å². The summed E-state index contributed by atoms with van der Waals surface area (Å²) in [7, 11) is 0. The smallest absolute Gasteiger partial charge is 0.338 e. The number of fused-ring (bicyclic) bond motifs is 1. The van der Waals surface area contributed by atoms with Crippen LogP contribution in [0.4, 0.5) is 0 Å². The first-order chi connectivity index (χ1) is 11.6. The van der Waals surface area contributed by atoms with Gasteiger partial charge in [-0.3, -0.25) is 4.79 Å². The Bertz CT molecular complexity index is 903. The van der Waals surface area contributed by atoms with Crippen LogP contribution >= 0.6 is 11.6 Å². The lowest BCUT2D eigenvalue weighted by molar-refractivity contribution is 0.0475. The molecule has 24 heavy (non-hydrogen) atoms. The molecule has 0 spiro atoms. The molecule has 1 heterocycles. The quantitative estimate of drug-likeness (QED) is 0.525. The lowest BCUT2D eigenvalue weighted by Crippen LogP contribution is -2.14. The van der Waals surface area contributed by atoms with Crippen LogP contribution in [0.3, 0.4) is 0 Å². The first-order valence-corrected chi connectivity index (χ1v) is 7.75. The summed E-state index contributed by atoms with van der Waals surface area (Å²) in [4.78, 5) is 24.1. The van der Waals surface area contributed by atoms with Gasteiger partial charge in [0.05, 0.1) is 11.1 Å². The van der Waals surface area contributed by atoms with Crippen LogP contribution in [0.25, 0.3) is 11.0 Å². The minimum absolute atomic E-state index is 0.293. The molecule has 0 N–H and O–H groups in total. The fourth-order valence-electron chi connectivity index (χ4n) is 2.27. The molecule has 2 aromatic carbocycles. The van der Waals surface area contributed by atoms with Crippen molar-refractivity contribution < 1.29 is 14.3 Å². The highest BCUT2D eigenvalue weighted by Gasteiger charge is 2.14. The number of hydrogen-bond acceptors (Lipinski definition) is 5. The van der Waals surface area contributed by atoms with Gasteiger partial charge >= 0.3 is 5.97 Å². The van der Waals surface area contributed by atoms with Gasteiger partial charge in [-0.25, -0.2) is 9.48 Å². The third kappa shape index (κ3) is 3.28. The summed E-state index contributed by atoms with van der Waals surface area (Å²) in [5, 5.41) is 8.53. The maximum Gasteiger partial charge on any atom is 0.338 e. The number of nitrogens with zero attached hydrogens (tertiary/aromatic N) is 3. The number of aryl methyl sites for hydroxylation is 1. The number of aromatic nitrogens is 3. The van der Waals surface area contributed by atoms with Crippen molar-refractivity contribution in [2.45, 2.75) is 13.5 Å². The molecule has 0 aliphatic carbocycles. The Hall–Kier alpha value is -2.73. The Morgan fingerprint density at radius 1 is 1.12 bits per heavy atom. The van der Waals surface area contributed by atoms with Crippen LogP contribution in [0, 0.1) is 0 Å². The zero-order valence-electron chi connectivity index (χ0n) is 12.9. The zero-order valence-corrected chi connectivity index (χ0v) is 13.7. The van der Waals surface area contributed by atoms with Crippen molar-refractivity contribution in [2.24, 2.45) is 0 Å². The molecule has 122 valence electrons. The molecule has 3 rings (SSSR count). The fraction of sp³-hybridized carbons (Fsp3) is 0.176.